The summed E-state index contributed by atoms with van der Waals surface area (Å²) in [6.07, 6.45) is 2.88. The molecule has 0 bridgehead atoms. The molecule has 5 heteroatoms. The third-order valence-corrected chi connectivity index (χ3v) is 1.19. The Morgan fingerprint density at radius 1 is 1.70 bits per heavy atom. The van der Waals surface area contributed by atoms with E-state index in [0.717, 1.165) is 0 Å². The molecule has 1 heterocycles. The Bertz CT molecular complexity index is 219. The van der Waals surface area contributed by atoms with Gasteiger partial charge in [-0.3, -0.25) is 9.59 Å². The van der Waals surface area contributed by atoms with E-state index in [1.54, 1.807) is 0 Å². The van der Waals surface area contributed by atoms with E-state index in [1.165, 1.54) is 12.3 Å². The third-order valence-electron chi connectivity index (χ3n) is 1.19. The van der Waals surface area contributed by atoms with Gasteiger partial charge in [0.1, 0.15) is 0 Å². The molecule has 1 rings (SSSR count). The number of hydrogen-bond donors (Lipinski definition) is 1. The van der Waals surface area contributed by atoms with Gasteiger partial charge >= 0.3 is 0 Å². The first kappa shape index (κ1) is 6.60. The van der Waals surface area contributed by atoms with Gasteiger partial charge in [0.05, 0.1) is 0 Å². The first-order valence-electron chi connectivity index (χ1n) is 2.57. The van der Waals surface area contributed by atoms with E-state index in [1.807, 2.05) is 0 Å². The van der Waals surface area contributed by atoms with E-state index in [-0.39, 0.29) is 0 Å². The molecule has 10 heavy (non-hydrogen) atoms. The van der Waals surface area contributed by atoms with E-state index >= 15 is 0 Å². The molecular formula is C5H5N3O2. The van der Waals surface area contributed by atoms with Crippen molar-refractivity contribution in [2.45, 2.75) is 5.54 Å². The second-order valence-corrected chi connectivity index (χ2v) is 1.84. The highest BCUT2D eigenvalue weighted by Crippen LogP contribution is 2.15. The molecule has 0 aromatic rings. The fourth-order valence-corrected chi connectivity index (χ4v) is 0.562. The monoisotopic (exact) mass is 139 g/mol. The second kappa shape index (κ2) is 2.02. The van der Waals surface area contributed by atoms with Gasteiger partial charge in [0, 0.05) is 6.20 Å². The van der Waals surface area contributed by atoms with Crippen LogP contribution in [-0.2, 0) is 9.59 Å². The first-order chi connectivity index (χ1) is 4.71. The van der Waals surface area contributed by atoms with Gasteiger partial charge in [-0.25, -0.2) is 0 Å². The normalized spacial score (nSPS) is 28.8. The lowest BCUT2D eigenvalue weighted by Gasteiger charge is -2.07. The number of nitrogens with two attached hydrogens (primary N) is 1. The van der Waals surface area contributed by atoms with Crippen LogP contribution in [0.2, 0.25) is 0 Å². The second-order valence-electron chi connectivity index (χ2n) is 1.84. The Morgan fingerprint density at radius 3 is 2.60 bits per heavy atom. The maximum atomic E-state index is 10.5. The minimum absolute atomic E-state index is 0.363. The zero-order chi connectivity index (χ0) is 7.61. The van der Waals surface area contributed by atoms with E-state index in [2.05, 4.69) is 10.2 Å². The quantitative estimate of drug-likeness (QED) is 0.408. The zero-order valence-electron chi connectivity index (χ0n) is 5.02. The molecular weight excluding hydrogens is 134 g/mol. The van der Waals surface area contributed by atoms with Gasteiger partial charge in [0.15, 0.2) is 6.29 Å². The van der Waals surface area contributed by atoms with Crippen LogP contribution in [0.5, 0.6) is 0 Å². The molecule has 1 amide bonds. The van der Waals surface area contributed by atoms with Crippen molar-refractivity contribution >= 4 is 12.2 Å². The molecule has 0 saturated heterocycles. The third kappa shape index (κ3) is 0.717. The van der Waals surface area contributed by atoms with Crippen LogP contribution in [0.15, 0.2) is 22.5 Å². The van der Waals surface area contributed by atoms with E-state index in [9.17, 15) is 9.59 Å². The summed E-state index contributed by atoms with van der Waals surface area (Å²) in [7, 11) is 0. The molecule has 0 aliphatic carbocycles. The SMILES string of the molecule is NC(=O)C1(C=O)C=CN=N1. The van der Waals surface area contributed by atoms with Crippen LogP contribution in [0.4, 0.5) is 0 Å². The number of primary amides is 1. The van der Waals surface area contributed by atoms with Crippen molar-refractivity contribution in [2.24, 2.45) is 16.0 Å². The lowest BCUT2D eigenvalue weighted by Crippen LogP contribution is -2.40. The predicted octanol–water partition coefficient (Wildman–Crippen LogP) is -0.611. The van der Waals surface area contributed by atoms with Gasteiger partial charge in [-0.2, -0.15) is 10.2 Å². The van der Waals surface area contributed by atoms with Crippen molar-refractivity contribution in [1.29, 1.82) is 0 Å². The first-order valence-corrected chi connectivity index (χ1v) is 2.57. The number of rotatable bonds is 2. The van der Waals surface area contributed by atoms with Gasteiger partial charge in [-0.05, 0) is 6.08 Å². The number of nitrogens with zero attached hydrogens (tertiary/aromatic N) is 2. The van der Waals surface area contributed by atoms with Crippen molar-refractivity contribution in [2.75, 3.05) is 0 Å². The Morgan fingerprint density at radius 2 is 2.40 bits per heavy atom. The summed E-state index contributed by atoms with van der Waals surface area (Å²) >= 11 is 0. The van der Waals surface area contributed by atoms with Crippen molar-refractivity contribution in [3.63, 3.8) is 0 Å². The molecule has 5 nitrogen and oxygen atoms in total. The fraction of sp³-hybridized carbons (Fsp3) is 0.200. The molecule has 0 saturated carbocycles. The molecule has 0 fully saturated rings. The number of hydrogen-bond acceptors (Lipinski definition) is 4. The Balaban J connectivity index is 3.01. The van der Waals surface area contributed by atoms with Gasteiger partial charge in [-0.1, -0.05) is 0 Å². The van der Waals surface area contributed by atoms with Crippen LogP contribution in [0.1, 0.15) is 0 Å². The summed E-state index contributed by atoms with van der Waals surface area (Å²) < 4.78 is 0. The maximum Gasteiger partial charge on any atom is 0.258 e. The molecule has 1 atom stereocenters. The Labute approximate surface area is 56.6 Å². The summed E-state index contributed by atoms with van der Waals surface area (Å²) in [6, 6.07) is 0. The van der Waals surface area contributed by atoms with E-state index < -0.39 is 11.4 Å². The summed E-state index contributed by atoms with van der Waals surface area (Å²) in [6.45, 7) is 0. The number of amides is 1. The van der Waals surface area contributed by atoms with Gasteiger partial charge in [-0.15, -0.1) is 0 Å². The predicted molar refractivity (Wildman–Crippen MR) is 32.0 cm³/mol. The van der Waals surface area contributed by atoms with Crippen molar-refractivity contribution < 1.29 is 9.59 Å². The smallest absolute Gasteiger partial charge is 0.258 e. The molecule has 0 aromatic heterocycles. The largest absolute Gasteiger partial charge is 0.367 e. The topological polar surface area (TPSA) is 84.9 Å². The summed E-state index contributed by atoms with van der Waals surface area (Å²) in [4.78, 5) is 20.8. The highest BCUT2D eigenvalue weighted by atomic mass is 16.2. The van der Waals surface area contributed by atoms with Crippen LogP contribution >= 0.6 is 0 Å². The lowest BCUT2D eigenvalue weighted by atomic mass is 10.0. The van der Waals surface area contributed by atoms with Crippen LogP contribution in [-0.4, -0.2) is 17.7 Å². The molecule has 0 spiro atoms. The van der Waals surface area contributed by atoms with Crippen LogP contribution < -0.4 is 5.73 Å². The number of azo groups is 1. The van der Waals surface area contributed by atoms with E-state index in [4.69, 9.17) is 5.73 Å². The van der Waals surface area contributed by atoms with Crippen LogP contribution in [0, 0.1) is 0 Å². The Kier molecular flexibility index (Phi) is 1.33. The molecule has 2 N–H and O–H groups in total. The standard InChI is InChI=1S/C5H5N3O2/c6-4(10)5(3-9)1-2-7-8-5/h1-3H,(H2,6,10). The molecule has 0 aromatic carbocycles. The van der Waals surface area contributed by atoms with Crippen LogP contribution in [0.25, 0.3) is 0 Å². The van der Waals surface area contributed by atoms with Crippen molar-refractivity contribution in [3.05, 3.63) is 12.3 Å². The average molecular weight is 139 g/mol. The molecule has 1 aliphatic heterocycles. The van der Waals surface area contributed by atoms with Gasteiger partial charge in [0.25, 0.3) is 5.91 Å². The number of carbonyl (C=O) groups excluding carboxylic acids is 2. The minimum atomic E-state index is -1.53. The highest BCUT2D eigenvalue weighted by Gasteiger charge is 2.35. The zero-order valence-corrected chi connectivity index (χ0v) is 5.02. The van der Waals surface area contributed by atoms with Crippen LogP contribution in [0.3, 0.4) is 0 Å². The molecule has 0 radical (unpaired) electrons. The summed E-state index contributed by atoms with van der Waals surface area (Å²) in [5, 5.41) is 6.70. The molecule has 1 unspecified atom stereocenters. The number of aldehydes is 1. The fourth-order valence-electron chi connectivity index (χ4n) is 0.562. The van der Waals surface area contributed by atoms with E-state index in [0.29, 0.717) is 6.29 Å². The highest BCUT2D eigenvalue weighted by molar-refractivity contribution is 6.03. The number of carbonyl (C=O) groups is 2. The van der Waals surface area contributed by atoms with Crippen molar-refractivity contribution in [3.8, 4) is 0 Å². The maximum absolute atomic E-state index is 10.5. The van der Waals surface area contributed by atoms with Gasteiger partial charge < -0.3 is 5.73 Å². The average Bonchev–Trinajstić information content (AvgIpc) is 2.35. The molecule has 52 valence electrons. The summed E-state index contributed by atoms with van der Waals surface area (Å²) in [5.74, 6) is -0.806. The minimum Gasteiger partial charge on any atom is -0.367 e. The van der Waals surface area contributed by atoms with Crippen molar-refractivity contribution in [1.82, 2.24) is 0 Å². The molecule has 1 aliphatic rings. The lowest BCUT2D eigenvalue weighted by molar-refractivity contribution is -0.126. The van der Waals surface area contributed by atoms with Gasteiger partial charge in [0.2, 0.25) is 5.54 Å². The Hall–Kier alpha value is -1.52. The summed E-state index contributed by atoms with van der Waals surface area (Å²) in [5.41, 5.74) is 3.34.